The monoisotopic (exact) mass is 335 g/mol. The van der Waals surface area contributed by atoms with E-state index in [1.165, 1.54) is 17.4 Å². The molecule has 1 N–H and O–H groups in total. The van der Waals surface area contributed by atoms with Crippen molar-refractivity contribution in [1.82, 2.24) is 24.9 Å². The fourth-order valence-electron chi connectivity index (χ4n) is 3.26. The second-order valence-electron chi connectivity index (χ2n) is 6.12. The summed E-state index contributed by atoms with van der Waals surface area (Å²) in [5.74, 6) is 0. The topological polar surface area (TPSA) is 89.8 Å². The Labute approximate surface area is 136 Å². The van der Waals surface area contributed by atoms with E-state index in [0.717, 1.165) is 31.4 Å². The highest BCUT2D eigenvalue weighted by atomic mass is 32.2. The van der Waals surface area contributed by atoms with Gasteiger partial charge in [-0.25, -0.2) is 17.8 Å². The third kappa shape index (κ3) is 3.42. The van der Waals surface area contributed by atoms with Crippen molar-refractivity contribution in [3.8, 4) is 5.69 Å². The standard InChI is InChI=1S/C15H21N5O2S/c1-11-8-14(20-10-16-18-19-20)9-12(2)15(11)23(21,22)17-13-6-4-3-5-7-13/h8-10,13,17H,3-7H2,1-2H3. The van der Waals surface area contributed by atoms with Crippen molar-refractivity contribution in [2.45, 2.75) is 56.9 Å². The van der Waals surface area contributed by atoms with E-state index >= 15 is 0 Å². The summed E-state index contributed by atoms with van der Waals surface area (Å²) in [6.07, 6.45) is 6.69. The average molecular weight is 335 g/mol. The molecule has 0 bridgehead atoms. The van der Waals surface area contributed by atoms with Crippen LogP contribution >= 0.6 is 0 Å². The molecule has 23 heavy (non-hydrogen) atoms. The van der Waals surface area contributed by atoms with Gasteiger partial charge in [-0.2, -0.15) is 0 Å². The molecular formula is C15H21N5O2S. The molecule has 0 spiro atoms. The highest BCUT2D eigenvalue weighted by Crippen LogP contribution is 2.25. The van der Waals surface area contributed by atoms with Crippen molar-refractivity contribution < 1.29 is 8.42 Å². The number of aryl methyl sites for hydroxylation is 2. The van der Waals surface area contributed by atoms with Crippen LogP contribution in [0.15, 0.2) is 23.4 Å². The van der Waals surface area contributed by atoms with Gasteiger partial charge in [0.1, 0.15) is 6.33 Å². The Morgan fingerprint density at radius 3 is 2.35 bits per heavy atom. The molecule has 1 aliphatic rings. The smallest absolute Gasteiger partial charge is 0.208 e. The summed E-state index contributed by atoms with van der Waals surface area (Å²) < 4.78 is 30.0. The van der Waals surface area contributed by atoms with Gasteiger partial charge < -0.3 is 0 Å². The van der Waals surface area contributed by atoms with E-state index in [-0.39, 0.29) is 6.04 Å². The SMILES string of the molecule is Cc1cc(-n2cnnn2)cc(C)c1S(=O)(=O)NC1CCCCC1. The second kappa shape index (κ2) is 6.37. The summed E-state index contributed by atoms with van der Waals surface area (Å²) in [6.45, 7) is 3.60. The first-order valence-electron chi connectivity index (χ1n) is 7.84. The molecule has 1 aromatic heterocycles. The minimum absolute atomic E-state index is 0.0479. The number of nitrogens with one attached hydrogen (secondary N) is 1. The van der Waals surface area contributed by atoms with Crippen LogP contribution < -0.4 is 4.72 Å². The van der Waals surface area contributed by atoms with Crippen LogP contribution in [0, 0.1) is 13.8 Å². The first-order valence-corrected chi connectivity index (χ1v) is 9.32. The van der Waals surface area contributed by atoms with Crippen molar-refractivity contribution in [3.63, 3.8) is 0 Å². The lowest BCUT2D eigenvalue weighted by Crippen LogP contribution is -2.36. The Balaban J connectivity index is 1.92. The molecule has 7 nitrogen and oxygen atoms in total. The molecule has 0 aliphatic heterocycles. The van der Waals surface area contributed by atoms with Gasteiger partial charge in [-0.15, -0.1) is 5.10 Å². The molecule has 0 atom stereocenters. The zero-order valence-electron chi connectivity index (χ0n) is 13.4. The van der Waals surface area contributed by atoms with Crippen molar-refractivity contribution in [3.05, 3.63) is 29.6 Å². The fraction of sp³-hybridized carbons (Fsp3) is 0.533. The Bertz CT molecular complexity index is 757. The van der Waals surface area contributed by atoms with Crippen LogP contribution in [-0.2, 0) is 10.0 Å². The maximum Gasteiger partial charge on any atom is 0.241 e. The van der Waals surface area contributed by atoms with Crippen LogP contribution in [0.5, 0.6) is 0 Å². The minimum atomic E-state index is -3.52. The quantitative estimate of drug-likeness (QED) is 0.921. The van der Waals surface area contributed by atoms with E-state index in [0.29, 0.717) is 16.0 Å². The van der Waals surface area contributed by atoms with Gasteiger partial charge >= 0.3 is 0 Å². The molecule has 1 aliphatic carbocycles. The predicted octanol–water partition coefficient (Wildman–Crippen LogP) is 1.89. The largest absolute Gasteiger partial charge is 0.241 e. The summed E-state index contributed by atoms with van der Waals surface area (Å²) in [6, 6.07) is 3.63. The van der Waals surface area contributed by atoms with Gasteiger partial charge in [0, 0.05) is 6.04 Å². The van der Waals surface area contributed by atoms with Crippen molar-refractivity contribution in [2.75, 3.05) is 0 Å². The molecule has 1 fully saturated rings. The molecule has 0 amide bonds. The molecule has 1 heterocycles. The van der Waals surface area contributed by atoms with Gasteiger partial charge in [0.05, 0.1) is 10.6 Å². The number of rotatable bonds is 4. The second-order valence-corrected chi connectivity index (χ2v) is 7.77. The normalized spacial score (nSPS) is 16.6. The molecule has 124 valence electrons. The molecule has 1 aromatic carbocycles. The Kier molecular flexibility index (Phi) is 4.45. The molecule has 8 heteroatoms. The number of tetrazole rings is 1. The molecule has 0 saturated heterocycles. The summed E-state index contributed by atoms with van der Waals surface area (Å²) in [4.78, 5) is 0.361. The Hall–Kier alpha value is -1.80. The minimum Gasteiger partial charge on any atom is -0.208 e. The zero-order chi connectivity index (χ0) is 16.4. The van der Waals surface area contributed by atoms with Crippen molar-refractivity contribution in [2.24, 2.45) is 0 Å². The molecule has 1 saturated carbocycles. The third-order valence-electron chi connectivity index (χ3n) is 4.25. The van der Waals surface area contributed by atoms with Crippen LogP contribution in [-0.4, -0.2) is 34.7 Å². The number of aromatic nitrogens is 4. The van der Waals surface area contributed by atoms with Gasteiger partial charge in [0.15, 0.2) is 0 Å². The van der Waals surface area contributed by atoms with Gasteiger partial charge in [-0.1, -0.05) is 19.3 Å². The van der Waals surface area contributed by atoms with E-state index in [9.17, 15) is 8.42 Å². The van der Waals surface area contributed by atoms with Crippen LogP contribution in [0.25, 0.3) is 5.69 Å². The van der Waals surface area contributed by atoms with Gasteiger partial charge in [0.2, 0.25) is 10.0 Å². The number of benzene rings is 1. The summed E-state index contributed by atoms with van der Waals surface area (Å²) in [5, 5.41) is 11.1. The van der Waals surface area contributed by atoms with E-state index in [2.05, 4.69) is 20.2 Å². The van der Waals surface area contributed by atoms with Crippen LogP contribution in [0.4, 0.5) is 0 Å². The summed E-state index contributed by atoms with van der Waals surface area (Å²) >= 11 is 0. The predicted molar refractivity (Wildman–Crippen MR) is 85.8 cm³/mol. The maximum atomic E-state index is 12.8. The number of hydrogen-bond acceptors (Lipinski definition) is 5. The molecule has 0 radical (unpaired) electrons. The van der Waals surface area contributed by atoms with Crippen molar-refractivity contribution >= 4 is 10.0 Å². The van der Waals surface area contributed by atoms with E-state index in [4.69, 9.17) is 0 Å². The van der Waals surface area contributed by atoms with Crippen LogP contribution in [0.1, 0.15) is 43.2 Å². The lowest BCUT2D eigenvalue weighted by molar-refractivity contribution is 0.412. The highest BCUT2D eigenvalue weighted by Gasteiger charge is 2.25. The Morgan fingerprint density at radius 2 is 1.78 bits per heavy atom. The van der Waals surface area contributed by atoms with Crippen molar-refractivity contribution in [1.29, 1.82) is 0 Å². The van der Waals surface area contributed by atoms with Crippen LogP contribution in [0.3, 0.4) is 0 Å². The lowest BCUT2D eigenvalue weighted by atomic mass is 9.96. The molecule has 3 rings (SSSR count). The van der Waals surface area contributed by atoms with E-state index in [1.54, 1.807) is 26.0 Å². The lowest BCUT2D eigenvalue weighted by Gasteiger charge is -2.23. The zero-order valence-corrected chi connectivity index (χ0v) is 14.2. The van der Waals surface area contributed by atoms with Crippen LogP contribution in [0.2, 0.25) is 0 Å². The first-order chi connectivity index (χ1) is 11.0. The molecule has 2 aromatic rings. The first kappa shape index (κ1) is 16.1. The number of sulfonamides is 1. The molecular weight excluding hydrogens is 314 g/mol. The van der Waals surface area contributed by atoms with Gasteiger partial charge in [-0.3, -0.25) is 0 Å². The number of hydrogen-bond donors (Lipinski definition) is 1. The summed E-state index contributed by atoms with van der Waals surface area (Å²) in [5.41, 5.74) is 2.14. The van der Waals surface area contributed by atoms with E-state index in [1.807, 2.05) is 0 Å². The third-order valence-corrected chi connectivity index (χ3v) is 6.08. The summed E-state index contributed by atoms with van der Waals surface area (Å²) in [7, 11) is -3.52. The highest BCUT2D eigenvalue weighted by molar-refractivity contribution is 7.89. The van der Waals surface area contributed by atoms with E-state index < -0.39 is 10.0 Å². The fourth-order valence-corrected chi connectivity index (χ4v) is 5.02. The molecule has 0 unspecified atom stereocenters. The number of nitrogens with zero attached hydrogens (tertiary/aromatic N) is 4. The Morgan fingerprint density at radius 1 is 1.13 bits per heavy atom. The maximum absolute atomic E-state index is 12.8. The van der Waals surface area contributed by atoms with Gasteiger partial charge in [-0.05, 0) is 60.4 Å². The average Bonchev–Trinajstić information content (AvgIpc) is 3.00. The van der Waals surface area contributed by atoms with Gasteiger partial charge in [0.25, 0.3) is 0 Å².